The molecule has 0 atom stereocenters. The zero-order valence-electron chi connectivity index (χ0n) is 14.3. The number of hydrogen-bond donors (Lipinski definition) is 0. The number of nitrogens with zero attached hydrogens (tertiary/aromatic N) is 3. The van der Waals surface area contributed by atoms with Gasteiger partial charge in [-0.25, -0.2) is 4.98 Å². The fourth-order valence-corrected chi connectivity index (χ4v) is 3.35. The summed E-state index contributed by atoms with van der Waals surface area (Å²) < 4.78 is 46.5. The lowest BCUT2D eigenvalue weighted by atomic mass is 10.1. The Labute approximate surface area is 159 Å². The maximum Gasteiger partial charge on any atom is 0.417 e. The van der Waals surface area contributed by atoms with E-state index in [4.69, 9.17) is 16.3 Å². The van der Waals surface area contributed by atoms with Crippen molar-refractivity contribution in [3.63, 3.8) is 0 Å². The van der Waals surface area contributed by atoms with Crippen molar-refractivity contribution < 1.29 is 17.9 Å². The summed E-state index contributed by atoms with van der Waals surface area (Å²) in [7, 11) is 0. The van der Waals surface area contributed by atoms with Crippen molar-refractivity contribution in [2.24, 2.45) is 0 Å². The predicted molar refractivity (Wildman–Crippen MR) is 96.7 cm³/mol. The van der Waals surface area contributed by atoms with Crippen LogP contribution in [0.4, 0.5) is 13.2 Å². The molecule has 0 radical (unpaired) electrons. The Kier molecular flexibility index (Phi) is 4.84. The van der Waals surface area contributed by atoms with Crippen LogP contribution in [0.2, 0.25) is 5.02 Å². The van der Waals surface area contributed by atoms with E-state index < -0.39 is 11.7 Å². The van der Waals surface area contributed by atoms with E-state index in [9.17, 15) is 13.2 Å². The summed E-state index contributed by atoms with van der Waals surface area (Å²) in [4.78, 5) is 6.76. The largest absolute Gasteiger partial charge is 0.417 e. The van der Waals surface area contributed by atoms with Gasteiger partial charge in [0.2, 0.25) is 0 Å². The number of benzene rings is 1. The molecule has 1 aliphatic heterocycles. The fourth-order valence-electron chi connectivity index (χ4n) is 3.22. The van der Waals surface area contributed by atoms with Gasteiger partial charge in [-0.2, -0.15) is 13.2 Å². The van der Waals surface area contributed by atoms with E-state index >= 15 is 0 Å². The second-order valence-corrected chi connectivity index (χ2v) is 6.88. The highest BCUT2D eigenvalue weighted by atomic mass is 35.5. The molecule has 0 N–H and O–H groups in total. The molecule has 0 unspecified atom stereocenters. The highest BCUT2D eigenvalue weighted by molar-refractivity contribution is 6.30. The highest BCUT2D eigenvalue weighted by Crippen LogP contribution is 2.32. The van der Waals surface area contributed by atoms with E-state index in [1.54, 1.807) is 16.5 Å². The third-order valence-corrected chi connectivity index (χ3v) is 4.89. The molecule has 27 heavy (non-hydrogen) atoms. The lowest BCUT2D eigenvalue weighted by molar-refractivity contribution is -0.137. The molecular weight excluding hydrogens is 379 g/mol. The molecule has 3 heterocycles. The molecule has 1 aliphatic rings. The third kappa shape index (κ3) is 3.81. The molecule has 142 valence electrons. The lowest BCUT2D eigenvalue weighted by Crippen LogP contribution is -2.36. The molecular formula is C19H17ClF3N3O. The minimum Gasteiger partial charge on any atom is -0.379 e. The van der Waals surface area contributed by atoms with Gasteiger partial charge >= 0.3 is 6.18 Å². The number of aromatic nitrogens is 2. The van der Waals surface area contributed by atoms with Crippen molar-refractivity contribution in [2.45, 2.75) is 12.7 Å². The standard InChI is InChI=1S/C19H17ClF3N3O/c20-15-4-1-13(2-5-15)18-16(12-25-7-9-27-10-8-25)26-11-14(19(21,22)23)3-6-17(26)24-18/h1-6,11H,7-10,12H2. The molecule has 2 aromatic heterocycles. The van der Waals surface area contributed by atoms with Crippen molar-refractivity contribution >= 4 is 17.2 Å². The van der Waals surface area contributed by atoms with E-state index in [0.717, 1.165) is 36.6 Å². The Morgan fingerprint density at radius 2 is 1.74 bits per heavy atom. The Hall–Kier alpha value is -2.09. The van der Waals surface area contributed by atoms with Crippen LogP contribution in [0.3, 0.4) is 0 Å². The van der Waals surface area contributed by atoms with E-state index in [1.165, 1.54) is 6.07 Å². The van der Waals surface area contributed by atoms with Crippen LogP contribution in [-0.4, -0.2) is 40.6 Å². The number of alkyl halides is 3. The highest BCUT2D eigenvalue weighted by Gasteiger charge is 2.31. The quantitative estimate of drug-likeness (QED) is 0.653. The summed E-state index contributed by atoms with van der Waals surface area (Å²) in [6.45, 7) is 3.17. The summed E-state index contributed by atoms with van der Waals surface area (Å²) in [6, 6.07) is 9.63. The van der Waals surface area contributed by atoms with Gasteiger partial charge in [-0.15, -0.1) is 0 Å². The average molecular weight is 396 g/mol. The smallest absolute Gasteiger partial charge is 0.379 e. The predicted octanol–water partition coefficient (Wildman–Crippen LogP) is 4.51. The molecule has 0 saturated carbocycles. The SMILES string of the molecule is FC(F)(F)c1ccc2nc(-c3ccc(Cl)cc3)c(CN3CCOCC3)n2c1. The molecule has 0 bridgehead atoms. The first-order chi connectivity index (χ1) is 12.9. The molecule has 4 nitrogen and oxygen atoms in total. The van der Waals surface area contributed by atoms with Gasteiger partial charge in [-0.05, 0) is 24.3 Å². The Balaban J connectivity index is 1.84. The van der Waals surface area contributed by atoms with Crippen molar-refractivity contribution in [2.75, 3.05) is 26.3 Å². The van der Waals surface area contributed by atoms with Gasteiger partial charge in [0.25, 0.3) is 0 Å². The minimum absolute atomic E-state index is 0.483. The first-order valence-electron chi connectivity index (χ1n) is 8.56. The van der Waals surface area contributed by atoms with Crippen LogP contribution in [0.1, 0.15) is 11.3 Å². The number of imidazole rings is 1. The zero-order valence-corrected chi connectivity index (χ0v) is 15.1. The van der Waals surface area contributed by atoms with E-state index in [2.05, 4.69) is 9.88 Å². The number of pyridine rings is 1. The van der Waals surface area contributed by atoms with E-state index in [1.807, 2.05) is 12.1 Å². The van der Waals surface area contributed by atoms with Crippen LogP contribution in [0.25, 0.3) is 16.9 Å². The molecule has 8 heteroatoms. The van der Waals surface area contributed by atoms with Crippen molar-refractivity contribution in [1.82, 2.24) is 14.3 Å². The summed E-state index contributed by atoms with van der Waals surface area (Å²) in [5.74, 6) is 0. The summed E-state index contributed by atoms with van der Waals surface area (Å²) in [6.07, 6.45) is -3.29. The molecule has 4 rings (SSSR count). The Morgan fingerprint density at radius 1 is 1.04 bits per heavy atom. The Bertz CT molecular complexity index is 947. The zero-order chi connectivity index (χ0) is 19.0. The number of morpholine rings is 1. The second-order valence-electron chi connectivity index (χ2n) is 6.45. The number of hydrogen-bond acceptors (Lipinski definition) is 3. The maximum absolute atomic E-state index is 13.2. The number of ether oxygens (including phenoxy) is 1. The van der Waals surface area contributed by atoms with Gasteiger partial charge < -0.3 is 9.14 Å². The van der Waals surface area contributed by atoms with Gasteiger partial charge in [0.15, 0.2) is 0 Å². The van der Waals surface area contributed by atoms with Crippen LogP contribution in [0, 0.1) is 0 Å². The van der Waals surface area contributed by atoms with Crippen LogP contribution in [0.5, 0.6) is 0 Å². The van der Waals surface area contributed by atoms with Gasteiger partial charge in [0, 0.05) is 36.4 Å². The van der Waals surface area contributed by atoms with Gasteiger partial charge in [0.1, 0.15) is 5.65 Å². The second kappa shape index (κ2) is 7.14. The monoisotopic (exact) mass is 395 g/mol. The van der Waals surface area contributed by atoms with Crippen LogP contribution < -0.4 is 0 Å². The molecule has 1 saturated heterocycles. The first kappa shape index (κ1) is 18.3. The van der Waals surface area contributed by atoms with Crippen molar-refractivity contribution in [3.05, 3.63) is 58.9 Å². The third-order valence-electron chi connectivity index (χ3n) is 4.64. The molecule has 1 aromatic carbocycles. The number of rotatable bonds is 3. The lowest BCUT2D eigenvalue weighted by Gasteiger charge is -2.26. The summed E-state index contributed by atoms with van der Waals surface area (Å²) in [5, 5.41) is 0.594. The van der Waals surface area contributed by atoms with Crippen molar-refractivity contribution in [1.29, 1.82) is 0 Å². The van der Waals surface area contributed by atoms with Gasteiger partial charge in [0.05, 0.1) is 30.2 Å². The van der Waals surface area contributed by atoms with Gasteiger partial charge in [-0.3, -0.25) is 4.90 Å². The fraction of sp³-hybridized carbons (Fsp3) is 0.316. The van der Waals surface area contributed by atoms with E-state index in [0.29, 0.717) is 36.1 Å². The van der Waals surface area contributed by atoms with Crippen LogP contribution in [0.15, 0.2) is 42.6 Å². The van der Waals surface area contributed by atoms with E-state index in [-0.39, 0.29) is 0 Å². The molecule has 0 spiro atoms. The minimum atomic E-state index is -4.41. The molecule has 0 aliphatic carbocycles. The summed E-state index contributed by atoms with van der Waals surface area (Å²) >= 11 is 5.97. The molecule has 1 fully saturated rings. The number of halogens is 4. The van der Waals surface area contributed by atoms with Crippen molar-refractivity contribution in [3.8, 4) is 11.3 Å². The maximum atomic E-state index is 13.2. The van der Waals surface area contributed by atoms with Gasteiger partial charge in [-0.1, -0.05) is 23.7 Å². The first-order valence-corrected chi connectivity index (χ1v) is 8.94. The number of fused-ring (bicyclic) bond motifs is 1. The molecule has 0 amide bonds. The topological polar surface area (TPSA) is 29.8 Å². The van der Waals surface area contributed by atoms with Crippen LogP contribution in [-0.2, 0) is 17.5 Å². The van der Waals surface area contributed by atoms with Crippen LogP contribution >= 0.6 is 11.6 Å². The normalized spacial score (nSPS) is 16.1. The Morgan fingerprint density at radius 3 is 2.41 bits per heavy atom. The summed E-state index contributed by atoms with van der Waals surface area (Å²) in [5.41, 5.74) is 1.99. The average Bonchev–Trinajstić information content (AvgIpc) is 3.00. The molecule has 3 aromatic rings.